The van der Waals surface area contributed by atoms with E-state index in [1.54, 1.807) is 0 Å². The number of aryl methyl sites for hydroxylation is 2. The summed E-state index contributed by atoms with van der Waals surface area (Å²) >= 11 is 0. The molecule has 0 fully saturated rings. The normalized spacial score (nSPS) is 19.8. The highest BCUT2D eigenvalue weighted by atomic mass is 16.5. The number of amides is 2. The van der Waals surface area contributed by atoms with E-state index in [0.29, 0.717) is 35.2 Å². The molecule has 0 aromatic heterocycles. The molecule has 0 bridgehead atoms. The van der Waals surface area contributed by atoms with Gasteiger partial charge in [0.05, 0.1) is 29.8 Å². The zero-order valence-electron chi connectivity index (χ0n) is 23.1. The van der Waals surface area contributed by atoms with Gasteiger partial charge in [-0.2, -0.15) is 10.2 Å². The van der Waals surface area contributed by atoms with Crippen LogP contribution >= 0.6 is 0 Å². The number of carbonyl (C=O) groups is 2. The first-order valence-corrected chi connectivity index (χ1v) is 13.4. The first kappa shape index (κ1) is 26.4. The topological polar surface area (TPSA) is 74.6 Å². The zero-order chi connectivity index (χ0) is 27.7. The van der Waals surface area contributed by atoms with E-state index in [1.807, 2.05) is 100 Å². The largest absolute Gasteiger partial charge is 0.494 e. The van der Waals surface area contributed by atoms with Gasteiger partial charge < -0.3 is 4.74 Å². The van der Waals surface area contributed by atoms with Crippen LogP contribution in [0.5, 0.6) is 5.75 Å². The summed E-state index contributed by atoms with van der Waals surface area (Å²) in [7, 11) is 0. The highest BCUT2D eigenvalue weighted by molar-refractivity contribution is 6.19. The molecule has 3 aromatic rings. The third-order valence-corrected chi connectivity index (χ3v) is 7.36. The number of hydrogen-bond acceptors (Lipinski definition) is 5. The van der Waals surface area contributed by atoms with Crippen molar-refractivity contribution in [1.29, 1.82) is 0 Å². The Labute approximate surface area is 229 Å². The zero-order valence-corrected chi connectivity index (χ0v) is 23.1. The SMILES string of the molecule is CCCOc1cccc(C(C2C(=O)N(c3ccc(C)cc3)N=C2C)C2C(=O)N(c3ccc(C)cc3)N=C2C)c1. The number of hydrogen-bond donors (Lipinski definition) is 0. The summed E-state index contributed by atoms with van der Waals surface area (Å²) in [4.78, 5) is 28.1. The van der Waals surface area contributed by atoms with Crippen LogP contribution in [0.2, 0.25) is 0 Å². The molecule has 0 N–H and O–H groups in total. The van der Waals surface area contributed by atoms with E-state index >= 15 is 0 Å². The van der Waals surface area contributed by atoms with Gasteiger partial charge in [0, 0.05) is 17.3 Å². The van der Waals surface area contributed by atoms with Gasteiger partial charge in [0.2, 0.25) is 0 Å². The minimum absolute atomic E-state index is 0.157. The second-order valence-electron chi connectivity index (χ2n) is 10.4. The number of benzene rings is 3. The Balaban J connectivity index is 1.56. The number of anilines is 2. The Bertz CT molecular complexity index is 1360. The maximum Gasteiger partial charge on any atom is 0.256 e. The van der Waals surface area contributed by atoms with Gasteiger partial charge in [0.25, 0.3) is 11.8 Å². The van der Waals surface area contributed by atoms with Gasteiger partial charge in [0.15, 0.2) is 0 Å². The third kappa shape index (κ3) is 5.09. The van der Waals surface area contributed by atoms with Crippen LogP contribution in [0.1, 0.15) is 49.8 Å². The van der Waals surface area contributed by atoms with Crippen LogP contribution in [-0.4, -0.2) is 29.8 Å². The first-order chi connectivity index (χ1) is 18.8. The van der Waals surface area contributed by atoms with Crippen molar-refractivity contribution < 1.29 is 14.3 Å². The molecule has 2 amide bonds. The molecule has 39 heavy (non-hydrogen) atoms. The third-order valence-electron chi connectivity index (χ3n) is 7.36. The van der Waals surface area contributed by atoms with Gasteiger partial charge in [-0.25, -0.2) is 10.0 Å². The maximum absolute atomic E-state index is 14.0. The highest BCUT2D eigenvalue weighted by Gasteiger charge is 2.50. The highest BCUT2D eigenvalue weighted by Crippen LogP contribution is 2.43. The monoisotopic (exact) mass is 522 g/mol. The van der Waals surface area contributed by atoms with Gasteiger partial charge in [0.1, 0.15) is 5.75 Å². The lowest BCUT2D eigenvalue weighted by Crippen LogP contribution is -2.40. The number of carbonyl (C=O) groups excluding carboxylic acids is 2. The number of rotatable bonds is 8. The molecule has 2 aliphatic heterocycles. The summed E-state index contributed by atoms with van der Waals surface area (Å²) in [6.07, 6.45) is 0.879. The Kier molecular flexibility index (Phi) is 7.33. The second-order valence-corrected chi connectivity index (χ2v) is 10.4. The Morgan fingerprint density at radius 3 is 1.69 bits per heavy atom. The average Bonchev–Trinajstić information content (AvgIpc) is 3.39. The summed E-state index contributed by atoms with van der Waals surface area (Å²) in [5, 5.41) is 12.3. The van der Waals surface area contributed by atoms with E-state index in [0.717, 1.165) is 23.1 Å². The lowest BCUT2D eigenvalue weighted by molar-refractivity contribution is -0.122. The molecule has 0 radical (unpaired) electrons. The molecule has 200 valence electrons. The smallest absolute Gasteiger partial charge is 0.256 e. The van der Waals surface area contributed by atoms with Crippen molar-refractivity contribution >= 4 is 34.6 Å². The van der Waals surface area contributed by atoms with Gasteiger partial charge in [-0.05, 0) is 76.1 Å². The number of ether oxygens (including phenoxy) is 1. The van der Waals surface area contributed by atoms with E-state index in [1.165, 1.54) is 10.0 Å². The lowest BCUT2D eigenvalue weighted by atomic mass is 9.73. The Morgan fingerprint density at radius 2 is 1.23 bits per heavy atom. The minimum Gasteiger partial charge on any atom is -0.494 e. The fraction of sp³-hybridized carbons (Fsp3) is 0.312. The number of nitrogens with zero attached hydrogens (tertiary/aromatic N) is 4. The summed E-state index contributed by atoms with van der Waals surface area (Å²) in [5.74, 6) is -1.38. The minimum atomic E-state index is -0.634. The van der Waals surface area contributed by atoms with Crippen molar-refractivity contribution in [3.05, 3.63) is 89.5 Å². The summed E-state index contributed by atoms with van der Waals surface area (Å²) in [6.45, 7) is 10.4. The molecule has 0 saturated carbocycles. The van der Waals surface area contributed by atoms with Crippen molar-refractivity contribution in [2.75, 3.05) is 16.6 Å². The Hall–Kier alpha value is -4.26. The van der Waals surface area contributed by atoms with Gasteiger partial charge >= 0.3 is 0 Å². The van der Waals surface area contributed by atoms with Crippen molar-refractivity contribution in [1.82, 2.24) is 0 Å². The molecule has 7 nitrogen and oxygen atoms in total. The van der Waals surface area contributed by atoms with E-state index < -0.39 is 17.8 Å². The van der Waals surface area contributed by atoms with Crippen molar-refractivity contribution in [2.45, 2.75) is 47.0 Å². The van der Waals surface area contributed by atoms with Gasteiger partial charge in [-0.15, -0.1) is 0 Å². The fourth-order valence-corrected chi connectivity index (χ4v) is 5.34. The average molecular weight is 523 g/mol. The van der Waals surface area contributed by atoms with Crippen molar-refractivity contribution in [2.24, 2.45) is 22.0 Å². The first-order valence-electron chi connectivity index (χ1n) is 13.4. The summed E-state index contributed by atoms with van der Waals surface area (Å²) in [5.41, 5.74) is 5.79. The van der Waals surface area contributed by atoms with Crippen molar-refractivity contribution in [3.63, 3.8) is 0 Å². The fourth-order valence-electron chi connectivity index (χ4n) is 5.34. The molecule has 0 aliphatic carbocycles. The molecule has 5 rings (SSSR count). The Morgan fingerprint density at radius 1 is 0.744 bits per heavy atom. The molecule has 2 heterocycles. The van der Waals surface area contributed by atoms with E-state index in [4.69, 9.17) is 4.74 Å². The summed E-state index contributed by atoms with van der Waals surface area (Å²) in [6, 6.07) is 23.2. The predicted molar refractivity (Wildman–Crippen MR) is 155 cm³/mol. The van der Waals surface area contributed by atoms with Crippen LogP contribution in [0.3, 0.4) is 0 Å². The lowest BCUT2D eigenvalue weighted by Gasteiger charge is -2.29. The van der Waals surface area contributed by atoms with Crippen LogP contribution in [0.4, 0.5) is 11.4 Å². The van der Waals surface area contributed by atoms with Gasteiger partial charge in [-0.3, -0.25) is 9.59 Å². The van der Waals surface area contributed by atoms with Crippen LogP contribution in [0.25, 0.3) is 0 Å². The molecule has 3 aromatic carbocycles. The molecule has 2 atom stereocenters. The molecule has 2 unspecified atom stereocenters. The van der Waals surface area contributed by atoms with E-state index in [9.17, 15) is 9.59 Å². The standard InChI is InChI=1S/C32H34N4O3/c1-6-18-39-27-9-7-8-24(19-27)30(28-22(4)33-35(31(28)37)25-14-10-20(2)11-15-25)29-23(5)34-36(32(29)38)26-16-12-21(3)13-17-26/h7-17,19,28-30H,6,18H2,1-5H3. The van der Waals surface area contributed by atoms with Crippen LogP contribution in [-0.2, 0) is 9.59 Å². The molecular weight excluding hydrogens is 488 g/mol. The second kappa shape index (κ2) is 10.8. The molecule has 2 aliphatic rings. The van der Waals surface area contributed by atoms with Crippen LogP contribution in [0.15, 0.2) is 83.0 Å². The van der Waals surface area contributed by atoms with E-state index in [-0.39, 0.29) is 11.8 Å². The van der Waals surface area contributed by atoms with Crippen molar-refractivity contribution in [3.8, 4) is 5.75 Å². The maximum atomic E-state index is 14.0. The summed E-state index contributed by atoms with van der Waals surface area (Å²) < 4.78 is 5.93. The molecular formula is C32H34N4O3. The predicted octanol–water partition coefficient (Wildman–Crippen LogP) is 6.25. The molecule has 7 heteroatoms. The van der Waals surface area contributed by atoms with Crippen LogP contribution < -0.4 is 14.8 Å². The van der Waals surface area contributed by atoms with E-state index in [2.05, 4.69) is 17.1 Å². The molecule has 0 spiro atoms. The quantitative estimate of drug-likeness (QED) is 0.351. The van der Waals surface area contributed by atoms with Gasteiger partial charge in [-0.1, -0.05) is 54.4 Å². The molecule has 0 saturated heterocycles. The van der Waals surface area contributed by atoms with Crippen LogP contribution in [0, 0.1) is 25.7 Å². The number of hydrazone groups is 2.